The van der Waals surface area contributed by atoms with Crippen molar-refractivity contribution in [2.45, 2.75) is 6.54 Å². The predicted molar refractivity (Wildman–Crippen MR) is 93.0 cm³/mol. The Morgan fingerprint density at radius 1 is 1.18 bits per heavy atom. The second kappa shape index (κ2) is 6.15. The normalized spacial score (nSPS) is 10.9. The van der Waals surface area contributed by atoms with Crippen molar-refractivity contribution >= 4 is 38.3 Å². The van der Waals surface area contributed by atoms with E-state index in [0.29, 0.717) is 17.0 Å². The molecule has 1 aromatic heterocycles. The van der Waals surface area contributed by atoms with Gasteiger partial charge in [0.1, 0.15) is 5.75 Å². The van der Waals surface area contributed by atoms with E-state index < -0.39 is 0 Å². The lowest BCUT2D eigenvalue weighted by Gasteiger charge is -2.09. The Morgan fingerprint density at radius 3 is 2.59 bits per heavy atom. The van der Waals surface area contributed by atoms with Crippen molar-refractivity contribution < 1.29 is 4.74 Å². The molecule has 0 fully saturated rings. The highest BCUT2D eigenvalue weighted by molar-refractivity contribution is 9.10. The van der Waals surface area contributed by atoms with Gasteiger partial charge in [0.05, 0.1) is 18.7 Å². The number of pyridine rings is 1. The molecule has 22 heavy (non-hydrogen) atoms. The van der Waals surface area contributed by atoms with Gasteiger partial charge in [-0.1, -0.05) is 23.7 Å². The summed E-state index contributed by atoms with van der Waals surface area (Å²) < 4.78 is 7.60. The molecule has 0 spiro atoms. The Bertz CT molecular complexity index is 888. The SMILES string of the molecule is COc1ccc(Cn2ccc3cc(Br)c(Cl)cc3c2=O)cc1. The van der Waals surface area contributed by atoms with Gasteiger partial charge >= 0.3 is 0 Å². The van der Waals surface area contributed by atoms with Crippen molar-refractivity contribution in [2.24, 2.45) is 0 Å². The summed E-state index contributed by atoms with van der Waals surface area (Å²) in [5.74, 6) is 0.797. The number of nitrogens with zero attached hydrogens (tertiary/aromatic N) is 1. The van der Waals surface area contributed by atoms with Crippen LogP contribution in [0.15, 0.2) is 57.9 Å². The van der Waals surface area contributed by atoms with Gasteiger partial charge in [-0.2, -0.15) is 0 Å². The largest absolute Gasteiger partial charge is 0.497 e. The van der Waals surface area contributed by atoms with Gasteiger partial charge in [-0.3, -0.25) is 4.79 Å². The molecule has 112 valence electrons. The first kappa shape index (κ1) is 15.1. The third-order valence-corrected chi connectivity index (χ3v) is 4.73. The van der Waals surface area contributed by atoms with Crippen LogP contribution in [0.4, 0.5) is 0 Å². The molecule has 0 aliphatic heterocycles. The molecule has 2 aromatic carbocycles. The number of fused-ring (bicyclic) bond motifs is 1. The zero-order valence-electron chi connectivity index (χ0n) is 11.8. The summed E-state index contributed by atoms with van der Waals surface area (Å²) in [6.07, 6.45) is 1.80. The number of hydrogen-bond acceptors (Lipinski definition) is 2. The van der Waals surface area contributed by atoms with Gasteiger partial charge in [-0.25, -0.2) is 0 Å². The molecule has 0 N–H and O–H groups in total. The molecule has 0 saturated heterocycles. The van der Waals surface area contributed by atoms with Crippen molar-refractivity contribution in [3.05, 3.63) is 74.1 Å². The van der Waals surface area contributed by atoms with E-state index in [2.05, 4.69) is 15.9 Å². The third-order valence-electron chi connectivity index (χ3n) is 3.53. The summed E-state index contributed by atoms with van der Waals surface area (Å²) in [7, 11) is 1.63. The van der Waals surface area contributed by atoms with Gasteiger partial charge in [0, 0.05) is 16.1 Å². The van der Waals surface area contributed by atoms with Crippen LogP contribution in [0.25, 0.3) is 10.8 Å². The van der Waals surface area contributed by atoms with E-state index in [1.54, 1.807) is 23.9 Å². The fraction of sp³-hybridized carbons (Fsp3) is 0.118. The average Bonchev–Trinajstić information content (AvgIpc) is 2.53. The average molecular weight is 379 g/mol. The quantitative estimate of drug-likeness (QED) is 0.673. The van der Waals surface area contributed by atoms with E-state index in [9.17, 15) is 4.79 Å². The minimum Gasteiger partial charge on any atom is -0.497 e. The highest BCUT2D eigenvalue weighted by atomic mass is 79.9. The standard InChI is InChI=1S/C17H13BrClNO2/c1-22-13-4-2-11(3-5-13)10-20-7-6-12-8-15(18)16(19)9-14(12)17(20)21/h2-9H,10H2,1H3. The number of hydrogen-bond donors (Lipinski definition) is 0. The summed E-state index contributed by atoms with van der Waals surface area (Å²) in [5, 5.41) is 2.02. The molecule has 0 atom stereocenters. The summed E-state index contributed by atoms with van der Waals surface area (Å²) in [6, 6.07) is 13.1. The molecular weight excluding hydrogens is 366 g/mol. The van der Waals surface area contributed by atoms with E-state index in [0.717, 1.165) is 21.2 Å². The molecule has 5 heteroatoms. The number of methoxy groups -OCH3 is 1. The molecule has 0 aliphatic carbocycles. The summed E-state index contributed by atoms with van der Waals surface area (Å²) >= 11 is 9.47. The fourth-order valence-electron chi connectivity index (χ4n) is 2.33. The van der Waals surface area contributed by atoms with Gasteiger partial charge < -0.3 is 9.30 Å². The number of benzene rings is 2. The first-order valence-corrected chi connectivity index (χ1v) is 7.87. The van der Waals surface area contributed by atoms with Gasteiger partial charge in [0.25, 0.3) is 5.56 Å². The minimum absolute atomic E-state index is 0.0530. The molecule has 1 heterocycles. The van der Waals surface area contributed by atoms with Crippen molar-refractivity contribution in [1.29, 1.82) is 0 Å². The van der Waals surface area contributed by atoms with E-state index in [1.807, 2.05) is 36.4 Å². The lowest BCUT2D eigenvalue weighted by molar-refractivity contribution is 0.414. The number of rotatable bonds is 3. The summed E-state index contributed by atoms with van der Waals surface area (Å²) in [4.78, 5) is 12.6. The fourth-order valence-corrected chi connectivity index (χ4v) is 2.85. The Balaban J connectivity index is 2.02. The number of aromatic nitrogens is 1. The van der Waals surface area contributed by atoms with Gasteiger partial charge in [0.15, 0.2) is 0 Å². The van der Waals surface area contributed by atoms with Gasteiger partial charge in [0.2, 0.25) is 0 Å². The second-order valence-electron chi connectivity index (χ2n) is 4.95. The first-order valence-electron chi connectivity index (χ1n) is 6.69. The zero-order valence-corrected chi connectivity index (χ0v) is 14.2. The van der Waals surface area contributed by atoms with Crippen LogP contribution in [0.5, 0.6) is 5.75 Å². The topological polar surface area (TPSA) is 31.2 Å². The molecule has 3 nitrogen and oxygen atoms in total. The van der Waals surface area contributed by atoms with Crippen molar-refractivity contribution in [3.8, 4) is 5.75 Å². The van der Waals surface area contributed by atoms with E-state index in [-0.39, 0.29) is 5.56 Å². The predicted octanol–water partition coefficient (Wildman–Crippen LogP) is 4.47. The smallest absolute Gasteiger partial charge is 0.258 e. The Kier molecular flexibility index (Phi) is 4.23. The lowest BCUT2D eigenvalue weighted by Crippen LogP contribution is -2.20. The van der Waals surface area contributed by atoms with Crippen LogP contribution in [0.2, 0.25) is 5.02 Å². The van der Waals surface area contributed by atoms with Crippen molar-refractivity contribution in [2.75, 3.05) is 7.11 Å². The monoisotopic (exact) mass is 377 g/mol. The summed E-state index contributed by atoms with van der Waals surface area (Å²) in [5.41, 5.74) is 0.980. The molecule has 3 rings (SSSR count). The highest BCUT2D eigenvalue weighted by Crippen LogP contribution is 2.26. The molecular formula is C17H13BrClNO2. The molecule has 0 radical (unpaired) electrons. The van der Waals surface area contributed by atoms with Crippen LogP contribution >= 0.6 is 27.5 Å². The van der Waals surface area contributed by atoms with Crippen LogP contribution in [0, 0.1) is 0 Å². The maximum Gasteiger partial charge on any atom is 0.258 e. The summed E-state index contributed by atoms with van der Waals surface area (Å²) in [6.45, 7) is 0.506. The maximum atomic E-state index is 12.6. The number of halogens is 2. The Hall–Kier alpha value is -1.78. The van der Waals surface area contributed by atoms with Crippen LogP contribution in [0.3, 0.4) is 0 Å². The number of ether oxygens (including phenoxy) is 1. The van der Waals surface area contributed by atoms with Crippen LogP contribution in [-0.2, 0) is 6.54 Å². The molecule has 0 bridgehead atoms. The Morgan fingerprint density at radius 2 is 1.91 bits per heavy atom. The van der Waals surface area contributed by atoms with Crippen LogP contribution < -0.4 is 10.3 Å². The van der Waals surface area contributed by atoms with E-state index in [4.69, 9.17) is 16.3 Å². The third kappa shape index (κ3) is 2.89. The highest BCUT2D eigenvalue weighted by Gasteiger charge is 2.07. The molecule has 0 saturated carbocycles. The molecule has 3 aromatic rings. The van der Waals surface area contributed by atoms with Crippen LogP contribution in [-0.4, -0.2) is 11.7 Å². The molecule has 0 aliphatic rings. The van der Waals surface area contributed by atoms with Crippen LogP contribution in [0.1, 0.15) is 5.56 Å². The van der Waals surface area contributed by atoms with Gasteiger partial charge in [-0.15, -0.1) is 0 Å². The first-order chi connectivity index (χ1) is 10.6. The zero-order chi connectivity index (χ0) is 15.7. The van der Waals surface area contributed by atoms with E-state index in [1.165, 1.54) is 0 Å². The van der Waals surface area contributed by atoms with Crippen molar-refractivity contribution in [1.82, 2.24) is 4.57 Å². The Labute approximate surface area is 141 Å². The molecule has 0 unspecified atom stereocenters. The minimum atomic E-state index is -0.0530. The molecule has 0 amide bonds. The van der Waals surface area contributed by atoms with Crippen molar-refractivity contribution in [3.63, 3.8) is 0 Å². The van der Waals surface area contributed by atoms with Gasteiger partial charge in [-0.05, 0) is 57.2 Å². The van der Waals surface area contributed by atoms with E-state index >= 15 is 0 Å². The lowest BCUT2D eigenvalue weighted by atomic mass is 10.1. The second-order valence-corrected chi connectivity index (χ2v) is 6.21. The maximum absolute atomic E-state index is 12.6.